The van der Waals surface area contributed by atoms with Gasteiger partial charge in [-0.15, -0.1) is 0 Å². The van der Waals surface area contributed by atoms with E-state index in [-0.39, 0.29) is 24.5 Å². The van der Waals surface area contributed by atoms with Crippen LogP contribution in [-0.2, 0) is 11.3 Å². The van der Waals surface area contributed by atoms with Gasteiger partial charge in [0.2, 0.25) is 0 Å². The summed E-state index contributed by atoms with van der Waals surface area (Å²) in [6.45, 7) is 0.532. The number of carbonyl (C=O) groups excluding carboxylic acids is 2. The topological polar surface area (TPSA) is 67.9 Å². The lowest BCUT2D eigenvalue weighted by atomic mass is 10.1. The second-order valence-corrected chi connectivity index (χ2v) is 7.66. The second kappa shape index (κ2) is 8.55. The van der Waals surface area contributed by atoms with Crippen molar-refractivity contribution in [3.63, 3.8) is 0 Å². The smallest absolute Gasteiger partial charge is 0.261 e. The van der Waals surface area contributed by atoms with Crippen molar-refractivity contribution in [1.82, 2.24) is 10.2 Å². The predicted octanol–water partition coefficient (Wildman–Crippen LogP) is 3.16. The zero-order valence-electron chi connectivity index (χ0n) is 16.6. The fourth-order valence-corrected chi connectivity index (χ4v) is 3.16. The molecule has 2 saturated carbocycles. The fourth-order valence-electron chi connectivity index (χ4n) is 3.16. The van der Waals surface area contributed by atoms with Crippen LogP contribution in [0.1, 0.15) is 41.6 Å². The number of benzene rings is 2. The predicted molar refractivity (Wildman–Crippen MR) is 109 cm³/mol. The molecule has 2 aromatic rings. The Morgan fingerprint density at radius 1 is 0.966 bits per heavy atom. The maximum absolute atomic E-state index is 12.7. The van der Waals surface area contributed by atoms with Crippen molar-refractivity contribution in [3.05, 3.63) is 59.7 Å². The number of carbonyl (C=O) groups is 2. The van der Waals surface area contributed by atoms with Crippen LogP contribution in [0.4, 0.5) is 0 Å². The first-order valence-corrected chi connectivity index (χ1v) is 10.1. The summed E-state index contributed by atoms with van der Waals surface area (Å²) in [5.74, 6) is 1.33. The summed E-state index contributed by atoms with van der Waals surface area (Å²) in [5, 5.41) is 2.99. The number of amides is 2. The molecule has 152 valence electrons. The van der Waals surface area contributed by atoms with Gasteiger partial charge in [-0.1, -0.05) is 12.1 Å². The highest BCUT2D eigenvalue weighted by molar-refractivity contribution is 5.94. The maximum atomic E-state index is 12.7. The van der Waals surface area contributed by atoms with Gasteiger partial charge < -0.3 is 19.7 Å². The van der Waals surface area contributed by atoms with Gasteiger partial charge in [0.25, 0.3) is 11.8 Å². The van der Waals surface area contributed by atoms with Crippen LogP contribution >= 0.6 is 0 Å². The Kier molecular flexibility index (Phi) is 5.69. The lowest BCUT2D eigenvalue weighted by Gasteiger charge is -2.23. The Hall–Kier alpha value is -3.02. The molecule has 0 aromatic heterocycles. The van der Waals surface area contributed by atoms with Gasteiger partial charge in [0.15, 0.2) is 6.61 Å². The third-order valence-corrected chi connectivity index (χ3v) is 5.21. The lowest BCUT2D eigenvalue weighted by Crippen LogP contribution is -2.36. The SMILES string of the molecule is COc1ccc(OCC(=O)N(Cc2ccc(C(=O)NC3CC3)cc2)C2CC2)cc1. The normalized spacial score (nSPS) is 15.5. The average molecular weight is 394 g/mol. The number of nitrogens with one attached hydrogen (secondary N) is 1. The molecule has 0 spiro atoms. The maximum Gasteiger partial charge on any atom is 0.261 e. The summed E-state index contributed by atoms with van der Waals surface area (Å²) in [5.41, 5.74) is 1.67. The number of rotatable bonds is 9. The number of nitrogens with zero attached hydrogens (tertiary/aromatic N) is 1. The van der Waals surface area contributed by atoms with E-state index in [2.05, 4.69) is 5.32 Å². The standard InChI is InChI=1S/C23H26N2O4/c1-28-20-10-12-21(13-11-20)29-15-22(26)25(19-8-9-19)14-16-2-4-17(5-3-16)23(27)24-18-6-7-18/h2-5,10-13,18-19H,6-9,14-15H2,1H3,(H,24,27). The van der Waals surface area contributed by atoms with E-state index in [0.717, 1.165) is 37.0 Å². The summed E-state index contributed by atoms with van der Waals surface area (Å²) in [7, 11) is 1.61. The quantitative estimate of drug-likeness (QED) is 0.709. The molecular formula is C23H26N2O4. The summed E-state index contributed by atoms with van der Waals surface area (Å²) in [4.78, 5) is 26.7. The van der Waals surface area contributed by atoms with Gasteiger partial charge >= 0.3 is 0 Å². The van der Waals surface area contributed by atoms with Gasteiger partial charge in [-0.2, -0.15) is 0 Å². The highest BCUT2D eigenvalue weighted by atomic mass is 16.5. The minimum absolute atomic E-state index is 0.00467. The summed E-state index contributed by atoms with van der Waals surface area (Å²) < 4.78 is 10.8. The van der Waals surface area contributed by atoms with E-state index in [1.807, 2.05) is 29.2 Å². The summed E-state index contributed by atoms with van der Waals surface area (Å²) in [6, 6.07) is 15.3. The molecule has 6 nitrogen and oxygen atoms in total. The van der Waals surface area contributed by atoms with Crippen molar-refractivity contribution in [1.29, 1.82) is 0 Å². The van der Waals surface area contributed by atoms with E-state index in [0.29, 0.717) is 23.9 Å². The van der Waals surface area contributed by atoms with Crippen LogP contribution in [0, 0.1) is 0 Å². The molecule has 0 radical (unpaired) electrons. The molecule has 0 unspecified atom stereocenters. The summed E-state index contributed by atoms with van der Waals surface area (Å²) >= 11 is 0. The van der Waals surface area contributed by atoms with Crippen molar-refractivity contribution >= 4 is 11.8 Å². The largest absolute Gasteiger partial charge is 0.497 e. The Bertz CT molecular complexity index is 855. The van der Waals surface area contributed by atoms with Crippen LogP contribution < -0.4 is 14.8 Å². The highest BCUT2D eigenvalue weighted by Gasteiger charge is 2.32. The molecule has 2 aromatic carbocycles. The number of hydrogen-bond acceptors (Lipinski definition) is 4. The molecular weight excluding hydrogens is 368 g/mol. The van der Waals surface area contributed by atoms with Crippen molar-refractivity contribution in [2.24, 2.45) is 0 Å². The second-order valence-electron chi connectivity index (χ2n) is 7.66. The number of hydrogen-bond donors (Lipinski definition) is 1. The third kappa shape index (κ3) is 5.28. The minimum Gasteiger partial charge on any atom is -0.497 e. The van der Waals surface area contributed by atoms with Gasteiger partial charge in [-0.3, -0.25) is 9.59 Å². The molecule has 2 aliphatic carbocycles. The molecule has 0 aliphatic heterocycles. The zero-order chi connectivity index (χ0) is 20.2. The van der Waals surface area contributed by atoms with E-state index in [1.165, 1.54) is 0 Å². The summed E-state index contributed by atoms with van der Waals surface area (Å²) in [6.07, 6.45) is 4.19. The molecule has 4 rings (SSSR count). The van der Waals surface area contributed by atoms with Crippen molar-refractivity contribution in [2.75, 3.05) is 13.7 Å². The average Bonchev–Trinajstić information content (AvgIpc) is 3.66. The Morgan fingerprint density at radius 3 is 2.21 bits per heavy atom. The molecule has 2 aliphatic rings. The van der Waals surface area contributed by atoms with Crippen LogP contribution in [0.5, 0.6) is 11.5 Å². The van der Waals surface area contributed by atoms with E-state index < -0.39 is 0 Å². The van der Waals surface area contributed by atoms with Crippen LogP contribution in [-0.4, -0.2) is 42.5 Å². The van der Waals surface area contributed by atoms with E-state index in [1.54, 1.807) is 31.4 Å². The van der Waals surface area contributed by atoms with Gasteiger partial charge in [0.1, 0.15) is 11.5 Å². The Morgan fingerprint density at radius 2 is 1.62 bits per heavy atom. The van der Waals surface area contributed by atoms with Crippen LogP contribution in [0.2, 0.25) is 0 Å². The number of methoxy groups -OCH3 is 1. The molecule has 6 heteroatoms. The van der Waals surface area contributed by atoms with Crippen LogP contribution in [0.15, 0.2) is 48.5 Å². The molecule has 29 heavy (non-hydrogen) atoms. The highest BCUT2D eigenvalue weighted by Crippen LogP contribution is 2.29. The van der Waals surface area contributed by atoms with E-state index in [4.69, 9.17) is 9.47 Å². The molecule has 0 bridgehead atoms. The molecule has 1 N–H and O–H groups in total. The van der Waals surface area contributed by atoms with Crippen molar-refractivity contribution in [2.45, 2.75) is 44.3 Å². The first-order chi connectivity index (χ1) is 14.1. The minimum atomic E-state index is -0.0288. The third-order valence-electron chi connectivity index (χ3n) is 5.21. The molecule has 0 heterocycles. The molecule has 0 atom stereocenters. The molecule has 2 amide bonds. The van der Waals surface area contributed by atoms with Gasteiger partial charge in [0.05, 0.1) is 7.11 Å². The van der Waals surface area contributed by atoms with Gasteiger partial charge in [-0.05, 0) is 67.6 Å². The van der Waals surface area contributed by atoms with Crippen LogP contribution in [0.3, 0.4) is 0 Å². The van der Waals surface area contributed by atoms with Gasteiger partial charge in [0, 0.05) is 24.2 Å². The Balaban J connectivity index is 1.33. The van der Waals surface area contributed by atoms with E-state index in [9.17, 15) is 9.59 Å². The lowest BCUT2D eigenvalue weighted by molar-refractivity contribution is -0.134. The van der Waals surface area contributed by atoms with Gasteiger partial charge in [-0.25, -0.2) is 0 Å². The van der Waals surface area contributed by atoms with E-state index >= 15 is 0 Å². The first kappa shape index (κ1) is 19.3. The van der Waals surface area contributed by atoms with Crippen molar-refractivity contribution < 1.29 is 19.1 Å². The molecule has 0 saturated heterocycles. The fraction of sp³-hybridized carbons (Fsp3) is 0.391. The monoisotopic (exact) mass is 394 g/mol. The van der Waals surface area contributed by atoms with Crippen LogP contribution in [0.25, 0.3) is 0 Å². The van der Waals surface area contributed by atoms with Crippen molar-refractivity contribution in [3.8, 4) is 11.5 Å². The number of ether oxygens (including phenoxy) is 2. The first-order valence-electron chi connectivity index (χ1n) is 10.1. The Labute approximate surface area is 170 Å². The zero-order valence-corrected chi connectivity index (χ0v) is 16.6. The molecule has 2 fully saturated rings.